The highest BCUT2D eigenvalue weighted by molar-refractivity contribution is 6.31. The minimum atomic E-state index is -0.0275. The van der Waals surface area contributed by atoms with Crippen LogP contribution in [0.4, 0.5) is 0 Å². The average Bonchev–Trinajstić information content (AvgIpc) is 2.93. The summed E-state index contributed by atoms with van der Waals surface area (Å²) < 4.78 is 1.67. The fourth-order valence-electron chi connectivity index (χ4n) is 3.75. The minimum Gasteiger partial charge on any atom is -0.354 e. The molecule has 7 heteroatoms. The monoisotopic (exact) mass is 403 g/mol. The number of benzene rings is 1. The zero-order chi connectivity index (χ0) is 20.1. The van der Waals surface area contributed by atoms with Crippen molar-refractivity contribution >= 4 is 17.5 Å². The summed E-state index contributed by atoms with van der Waals surface area (Å²) in [6.45, 7) is 8.74. The number of nitrogens with one attached hydrogen (secondary N) is 1. The summed E-state index contributed by atoms with van der Waals surface area (Å²) in [5.41, 5.74) is 2.95. The molecule has 2 aromatic rings. The molecule has 1 aromatic heterocycles. The van der Waals surface area contributed by atoms with Crippen LogP contribution in [-0.4, -0.2) is 65.3 Å². The number of aromatic nitrogens is 2. The van der Waals surface area contributed by atoms with Gasteiger partial charge in [0, 0.05) is 38.8 Å². The maximum absolute atomic E-state index is 12.2. The van der Waals surface area contributed by atoms with Crippen molar-refractivity contribution in [3.8, 4) is 0 Å². The van der Waals surface area contributed by atoms with E-state index in [0.29, 0.717) is 17.6 Å². The molecule has 1 atom stereocenters. The molecule has 1 unspecified atom stereocenters. The Bertz CT molecular complexity index is 792. The summed E-state index contributed by atoms with van der Waals surface area (Å²) >= 11 is 6.15. The smallest absolute Gasteiger partial charge is 0.241 e. The van der Waals surface area contributed by atoms with Crippen LogP contribution in [0.3, 0.4) is 0 Å². The predicted molar refractivity (Wildman–Crippen MR) is 113 cm³/mol. The van der Waals surface area contributed by atoms with Crippen LogP contribution in [-0.2, 0) is 11.3 Å². The number of amides is 1. The fourth-order valence-corrected chi connectivity index (χ4v) is 3.88. The zero-order valence-corrected chi connectivity index (χ0v) is 17.7. The Morgan fingerprint density at radius 3 is 2.68 bits per heavy atom. The first kappa shape index (κ1) is 20.8. The van der Waals surface area contributed by atoms with Crippen molar-refractivity contribution in [1.82, 2.24) is 24.9 Å². The third kappa shape index (κ3) is 5.13. The number of carbonyl (C=O) groups excluding carboxylic acids is 1. The Morgan fingerprint density at radius 1 is 1.25 bits per heavy atom. The number of likely N-dealkylation sites (N-methyl/N-ethyl adjacent to an activating group) is 1. The van der Waals surface area contributed by atoms with Crippen LogP contribution in [0.15, 0.2) is 30.3 Å². The highest BCUT2D eigenvalue weighted by Crippen LogP contribution is 2.24. The molecular formula is C21H30ClN5O. The summed E-state index contributed by atoms with van der Waals surface area (Å²) in [5.74, 6) is -0.0275. The van der Waals surface area contributed by atoms with E-state index in [1.165, 1.54) is 5.56 Å². The van der Waals surface area contributed by atoms with Gasteiger partial charge in [-0.15, -0.1) is 0 Å². The average molecular weight is 404 g/mol. The second-order valence-corrected chi connectivity index (χ2v) is 7.95. The van der Waals surface area contributed by atoms with Crippen molar-refractivity contribution in [3.05, 3.63) is 52.3 Å². The molecule has 0 spiro atoms. The number of piperazine rings is 1. The number of hydrogen-bond acceptors (Lipinski definition) is 4. The number of halogens is 1. The Kier molecular flexibility index (Phi) is 7.10. The van der Waals surface area contributed by atoms with Crippen LogP contribution in [0.25, 0.3) is 0 Å². The van der Waals surface area contributed by atoms with Gasteiger partial charge in [0.05, 0.1) is 16.4 Å². The Labute approximate surface area is 172 Å². The highest BCUT2D eigenvalue weighted by Gasteiger charge is 2.25. The Balaban J connectivity index is 1.47. The normalized spacial score (nSPS) is 18.4. The number of hydrogen-bond donors (Lipinski definition) is 1. The molecule has 2 heterocycles. The van der Waals surface area contributed by atoms with Crippen molar-refractivity contribution in [1.29, 1.82) is 0 Å². The first-order chi connectivity index (χ1) is 13.5. The van der Waals surface area contributed by atoms with Crippen molar-refractivity contribution in [2.24, 2.45) is 0 Å². The van der Waals surface area contributed by atoms with E-state index in [4.69, 9.17) is 11.6 Å². The Hall–Kier alpha value is -1.89. The topological polar surface area (TPSA) is 53.4 Å². The SMILES string of the molecule is Cc1nn(CC(=O)NCCCN2CCN(C)CC2c2ccccc2)c(C)c1Cl. The van der Waals surface area contributed by atoms with Gasteiger partial charge in [0.15, 0.2) is 0 Å². The molecule has 1 aliphatic heterocycles. The molecule has 3 rings (SSSR count). The summed E-state index contributed by atoms with van der Waals surface area (Å²) in [5, 5.41) is 7.96. The maximum atomic E-state index is 12.2. The lowest BCUT2D eigenvalue weighted by molar-refractivity contribution is -0.121. The molecule has 1 amide bonds. The van der Waals surface area contributed by atoms with Crippen molar-refractivity contribution in [3.63, 3.8) is 0 Å². The maximum Gasteiger partial charge on any atom is 0.241 e. The summed E-state index contributed by atoms with van der Waals surface area (Å²) in [7, 11) is 2.18. The van der Waals surface area contributed by atoms with E-state index in [1.807, 2.05) is 13.8 Å². The molecule has 1 aromatic carbocycles. The number of nitrogens with zero attached hydrogens (tertiary/aromatic N) is 4. The molecule has 152 valence electrons. The molecule has 1 aliphatic rings. The summed E-state index contributed by atoms with van der Waals surface area (Å²) in [4.78, 5) is 17.1. The molecule has 0 bridgehead atoms. The van der Waals surface area contributed by atoms with E-state index in [1.54, 1.807) is 4.68 Å². The highest BCUT2D eigenvalue weighted by atomic mass is 35.5. The van der Waals surface area contributed by atoms with Crippen molar-refractivity contribution in [2.75, 3.05) is 39.8 Å². The van der Waals surface area contributed by atoms with Crippen LogP contribution in [0.2, 0.25) is 5.02 Å². The summed E-state index contributed by atoms with van der Waals surface area (Å²) in [6.07, 6.45) is 0.927. The van der Waals surface area contributed by atoms with Gasteiger partial charge in [-0.05, 0) is 32.9 Å². The first-order valence-electron chi connectivity index (χ1n) is 9.89. The standard InChI is InChI=1S/C21H30ClN5O/c1-16-21(22)17(2)27(24-16)15-20(28)23-10-7-11-26-13-12-25(3)14-19(26)18-8-5-4-6-9-18/h4-6,8-9,19H,7,10-15H2,1-3H3,(H,23,28). The zero-order valence-electron chi connectivity index (χ0n) is 17.0. The first-order valence-corrected chi connectivity index (χ1v) is 10.3. The van der Waals surface area contributed by atoms with Gasteiger partial charge < -0.3 is 10.2 Å². The van der Waals surface area contributed by atoms with Gasteiger partial charge >= 0.3 is 0 Å². The van der Waals surface area contributed by atoms with Gasteiger partial charge in [0.25, 0.3) is 0 Å². The lowest BCUT2D eigenvalue weighted by Gasteiger charge is -2.40. The lowest BCUT2D eigenvalue weighted by Crippen LogP contribution is -2.47. The van der Waals surface area contributed by atoms with E-state index in [-0.39, 0.29) is 12.5 Å². The predicted octanol–water partition coefficient (Wildman–Crippen LogP) is 2.65. The molecule has 0 aliphatic carbocycles. The van der Waals surface area contributed by atoms with Gasteiger partial charge in [-0.2, -0.15) is 5.10 Å². The largest absolute Gasteiger partial charge is 0.354 e. The van der Waals surface area contributed by atoms with E-state index in [9.17, 15) is 4.79 Å². The van der Waals surface area contributed by atoms with Crippen LogP contribution < -0.4 is 5.32 Å². The van der Waals surface area contributed by atoms with E-state index < -0.39 is 0 Å². The van der Waals surface area contributed by atoms with Gasteiger partial charge in [-0.3, -0.25) is 14.4 Å². The van der Waals surface area contributed by atoms with Crippen LogP contribution in [0.5, 0.6) is 0 Å². The molecule has 1 saturated heterocycles. The van der Waals surface area contributed by atoms with E-state index >= 15 is 0 Å². The third-order valence-corrected chi connectivity index (χ3v) is 5.96. The second-order valence-electron chi connectivity index (χ2n) is 7.57. The molecule has 1 N–H and O–H groups in total. The molecule has 6 nitrogen and oxygen atoms in total. The van der Waals surface area contributed by atoms with Gasteiger partial charge in [0.2, 0.25) is 5.91 Å². The lowest BCUT2D eigenvalue weighted by atomic mass is 10.0. The van der Waals surface area contributed by atoms with Crippen LogP contribution in [0, 0.1) is 13.8 Å². The molecule has 28 heavy (non-hydrogen) atoms. The van der Waals surface area contributed by atoms with Crippen LogP contribution >= 0.6 is 11.6 Å². The quantitative estimate of drug-likeness (QED) is 0.722. The number of rotatable bonds is 7. The van der Waals surface area contributed by atoms with Crippen molar-refractivity contribution in [2.45, 2.75) is 32.9 Å². The minimum absolute atomic E-state index is 0.0275. The van der Waals surface area contributed by atoms with Crippen molar-refractivity contribution < 1.29 is 4.79 Å². The molecule has 0 saturated carbocycles. The van der Waals surface area contributed by atoms with E-state index in [0.717, 1.165) is 44.0 Å². The number of carbonyl (C=O) groups is 1. The fraction of sp³-hybridized carbons (Fsp3) is 0.524. The summed E-state index contributed by atoms with van der Waals surface area (Å²) in [6, 6.07) is 11.1. The van der Waals surface area contributed by atoms with Gasteiger partial charge in [0.1, 0.15) is 6.54 Å². The molecule has 0 radical (unpaired) electrons. The second kappa shape index (κ2) is 9.54. The Morgan fingerprint density at radius 2 is 2.00 bits per heavy atom. The van der Waals surface area contributed by atoms with Crippen LogP contribution in [0.1, 0.15) is 29.4 Å². The van der Waals surface area contributed by atoms with E-state index in [2.05, 4.69) is 57.6 Å². The van der Waals surface area contributed by atoms with Gasteiger partial charge in [-0.25, -0.2) is 0 Å². The van der Waals surface area contributed by atoms with Gasteiger partial charge in [-0.1, -0.05) is 41.9 Å². The third-order valence-electron chi connectivity index (χ3n) is 5.41. The molecular weight excluding hydrogens is 374 g/mol. The molecule has 1 fully saturated rings. The number of aryl methyl sites for hydroxylation is 1.